The molecule has 1 aliphatic rings. The van der Waals surface area contributed by atoms with E-state index in [2.05, 4.69) is 42.6 Å². The fourth-order valence-corrected chi connectivity index (χ4v) is 3.84. The van der Waals surface area contributed by atoms with Gasteiger partial charge in [0.05, 0.1) is 18.7 Å². The van der Waals surface area contributed by atoms with Gasteiger partial charge in [-0.25, -0.2) is 4.98 Å². The monoisotopic (exact) mass is 443 g/mol. The van der Waals surface area contributed by atoms with Crippen molar-refractivity contribution in [3.8, 4) is 0 Å². The van der Waals surface area contributed by atoms with Crippen LogP contribution in [0.3, 0.4) is 0 Å². The zero-order valence-electron chi connectivity index (χ0n) is 18.0. The van der Waals surface area contributed by atoms with E-state index in [1.165, 1.54) is 0 Å². The van der Waals surface area contributed by atoms with Crippen LogP contribution in [0.1, 0.15) is 5.56 Å². The third-order valence-electron chi connectivity index (χ3n) is 5.62. The van der Waals surface area contributed by atoms with Crippen molar-refractivity contribution in [3.05, 3.63) is 76.7 Å². The molecule has 0 radical (unpaired) electrons. The minimum atomic E-state index is -0.251. The summed E-state index contributed by atoms with van der Waals surface area (Å²) in [5, 5.41) is 6.91. The summed E-state index contributed by atoms with van der Waals surface area (Å²) in [7, 11) is 0. The van der Waals surface area contributed by atoms with Gasteiger partial charge in [-0.3, -0.25) is 4.79 Å². The molecule has 0 unspecified atom stereocenters. The van der Waals surface area contributed by atoms with Crippen molar-refractivity contribution in [1.82, 2.24) is 15.0 Å². The molecule has 1 saturated heterocycles. The molecule has 33 heavy (non-hydrogen) atoms. The minimum absolute atomic E-state index is 0.251. The van der Waals surface area contributed by atoms with Crippen LogP contribution in [0.4, 0.5) is 28.8 Å². The van der Waals surface area contributed by atoms with E-state index in [0.29, 0.717) is 34.9 Å². The summed E-state index contributed by atoms with van der Waals surface area (Å²) in [6, 6.07) is 17.5. The number of rotatable bonds is 6. The molecule has 3 heterocycles. The predicted octanol–water partition coefficient (Wildman–Crippen LogP) is 3.09. The van der Waals surface area contributed by atoms with Crippen molar-refractivity contribution in [2.75, 3.05) is 47.6 Å². The summed E-state index contributed by atoms with van der Waals surface area (Å²) in [4.78, 5) is 26.7. The number of ether oxygens (including phenoxy) is 1. The molecule has 5 N–H and O–H groups in total. The number of nitrogens with one attached hydrogen (secondary N) is 3. The number of nitrogen functional groups attached to an aromatic ring is 1. The average molecular weight is 444 g/mol. The topological polar surface area (TPSA) is 121 Å². The smallest absolute Gasteiger partial charge is 0.261 e. The number of aromatic nitrogens is 3. The third kappa shape index (κ3) is 4.58. The second-order valence-corrected chi connectivity index (χ2v) is 7.79. The number of morpholine rings is 1. The second kappa shape index (κ2) is 9.17. The highest BCUT2D eigenvalue weighted by Gasteiger charge is 2.14. The van der Waals surface area contributed by atoms with Crippen molar-refractivity contribution in [2.24, 2.45) is 0 Å². The van der Waals surface area contributed by atoms with Crippen molar-refractivity contribution in [1.29, 1.82) is 0 Å². The largest absolute Gasteiger partial charge is 0.398 e. The standard InChI is InChI=1S/C24H25N7O2/c25-19-4-2-1-3-16(19)15-27-24-29-20-9-10-26-23(32)21(20)22(30-24)28-17-5-7-18(8-6-17)31-11-13-33-14-12-31/h1-10H,11-15,25H2,(H,26,32)(H2,27,28,29,30). The van der Waals surface area contributed by atoms with Crippen LogP contribution in [0, 0.1) is 0 Å². The molecule has 5 rings (SSSR count). The van der Waals surface area contributed by atoms with Gasteiger partial charge in [0.1, 0.15) is 11.2 Å². The van der Waals surface area contributed by atoms with Gasteiger partial charge >= 0.3 is 0 Å². The van der Waals surface area contributed by atoms with Gasteiger partial charge in [-0.1, -0.05) is 18.2 Å². The summed E-state index contributed by atoms with van der Waals surface area (Å²) in [6.45, 7) is 3.69. The lowest BCUT2D eigenvalue weighted by Gasteiger charge is -2.28. The number of para-hydroxylation sites is 1. The van der Waals surface area contributed by atoms with Gasteiger partial charge in [0.15, 0.2) is 0 Å². The van der Waals surface area contributed by atoms with Crippen LogP contribution in [-0.2, 0) is 11.3 Å². The van der Waals surface area contributed by atoms with E-state index in [1.807, 2.05) is 36.4 Å². The van der Waals surface area contributed by atoms with Gasteiger partial charge in [-0.2, -0.15) is 4.98 Å². The van der Waals surface area contributed by atoms with Crippen LogP contribution in [0.25, 0.3) is 10.9 Å². The van der Waals surface area contributed by atoms with Gasteiger partial charge in [0, 0.05) is 42.9 Å². The number of pyridine rings is 1. The minimum Gasteiger partial charge on any atom is -0.398 e. The van der Waals surface area contributed by atoms with Crippen molar-refractivity contribution < 1.29 is 4.74 Å². The SMILES string of the molecule is Nc1ccccc1CNc1nc(Nc2ccc(N3CCOCC3)cc2)c2c(=O)[nH]ccc2n1. The molecule has 0 spiro atoms. The number of fused-ring (bicyclic) bond motifs is 1. The normalized spacial score (nSPS) is 13.8. The number of hydrogen-bond donors (Lipinski definition) is 4. The van der Waals surface area contributed by atoms with E-state index >= 15 is 0 Å². The second-order valence-electron chi connectivity index (χ2n) is 7.79. The van der Waals surface area contributed by atoms with Gasteiger partial charge < -0.3 is 31.0 Å². The molecule has 0 saturated carbocycles. The molecular weight excluding hydrogens is 418 g/mol. The molecule has 9 heteroatoms. The first kappa shape index (κ1) is 20.8. The fourth-order valence-electron chi connectivity index (χ4n) is 3.84. The Morgan fingerprint density at radius 1 is 1.03 bits per heavy atom. The van der Waals surface area contributed by atoms with Crippen LogP contribution >= 0.6 is 0 Å². The summed E-state index contributed by atoms with van der Waals surface area (Å²) in [5.74, 6) is 0.841. The number of hydrogen-bond acceptors (Lipinski definition) is 8. The Bertz CT molecular complexity index is 1310. The number of nitrogens with zero attached hydrogens (tertiary/aromatic N) is 3. The van der Waals surface area contributed by atoms with Crippen LogP contribution < -0.4 is 26.8 Å². The summed E-state index contributed by atoms with van der Waals surface area (Å²) in [5.41, 5.74) is 9.94. The van der Waals surface area contributed by atoms with Crippen molar-refractivity contribution in [2.45, 2.75) is 6.54 Å². The molecule has 1 aliphatic heterocycles. The highest BCUT2D eigenvalue weighted by atomic mass is 16.5. The van der Waals surface area contributed by atoms with Crippen LogP contribution in [0.5, 0.6) is 0 Å². The molecule has 9 nitrogen and oxygen atoms in total. The lowest BCUT2D eigenvalue weighted by molar-refractivity contribution is 0.122. The summed E-state index contributed by atoms with van der Waals surface area (Å²) >= 11 is 0. The Labute approximate surface area is 190 Å². The average Bonchev–Trinajstić information content (AvgIpc) is 2.84. The molecule has 0 bridgehead atoms. The number of H-pyrrole nitrogens is 1. The molecule has 0 amide bonds. The summed E-state index contributed by atoms with van der Waals surface area (Å²) in [6.07, 6.45) is 1.58. The lowest BCUT2D eigenvalue weighted by atomic mass is 10.2. The zero-order valence-corrected chi connectivity index (χ0v) is 18.0. The first-order chi connectivity index (χ1) is 16.2. The maximum Gasteiger partial charge on any atom is 0.261 e. The fraction of sp³-hybridized carbons (Fsp3) is 0.208. The molecule has 2 aromatic heterocycles. The van der Waals surface area contributed by atoms with E-state index in [1.54, 1.807) is 12.3 Å². The maximum absolute atomic E-state index is 12.6. The van der Waals surface area contributed by atoms with Gasteiger partial charge in [0.2, 0.25) is 5.95 Å². The van der Waals surface area contributed by atoms with E-state index in [0.717, 1.165) is 43.2 Å². The lowest BCUT2D eigenvalue weighted by Crippen LogP contribution is -2.36. The molecule has 0 aliphatic carbocycles. The Hall–Kier alpha value is -4.11. The maximum atomic E-state index is 12.6. The van der Waals surface area contributed by atoms with Gasteiger partial charge in [-0.15, -0.1) is 0 Å². The highest BCUT2D eigenvalue weighted by Crippen LogP contribution is 2.25. The molecule has 1 fully saturated rings. The first-order valence-electron chi connectivity index (χ1n) is 10.8. The molecular formula is C24H25N7O2. The van der Waals surface area contributed by atoms with Crippen LogP contribution in [0.2, 0.25) is 0 Å². The summed E-state index contributed by atoms with van der Waals surface area (Å²) < 4.78 is 5.43. The Morgan fingerprint density at radius 3 is 2.61 bits per heavy atom. The number of nitrogens with two attached hydrogens (primary N) is 1. The van der Waals surface area contributed by atoms with E-state index in [9.17, 15) is 4.79 Å². The van der Waals surface area contributed by atoms with Crippen LogP contribution in [0.15, 0.2) is 65.6 Å². The zero-order chi connectivity index (χ0) is 22.6. The molecule has 4 aromatic rings. The predicted molar refractivity (Wildman–Crippen MR) is 131 cm³/mol. The molecule has 168 valence electrons. The Kier molecular flexibility index (Phi) is 5.77. The Morgan fingerprint density at radius 2 is 1.82 bits per heavy atom. The van der Waals surface area contributed by atoms with Gasteiger partial charge in [0.25, 0.3) is 5.56 Å². The van der Waals surface area contributed by atoms with Gasteiger partial charge in [-0.05, 0) is 42.0 Å². The van der Waals surface area contributed by atoms with Crippen LogP contribution in [-0.4, -0.2) is 41.3 Å². The quantitative estimate of drug-likeness (QED) is 0.336. The van der Waals surface area contributed by atoms with E-state index in [-0.39, 0.29) is 5.56 Å². The number of anilines is 5. The molecule has 0 atom stereocenters. The molecule has 2 aromatic carbocycles. The Balaban J connectivity index is 1.42. The highest BCUT2D eigenvalue weighted by molar-refractivity contribution is 5.91. The number of aromatic amines is 1. The number of benzene rings is 2. The van der Waals surface area contributed by atoms with Crippen molar-refractivity contribution in [3.63, 3.8) is 0 Å². The first-order valence-corrected chi connectivity index (χ1v) is 10.8. The van der Waals surface area contributed by atoms with E-state index in [4.69, 9.17) is 10.5 Å². The third-order valence-corrected chi connectivity index (χ3v) is 5.62. The van der Waals surface area contributed by atoms with E-state index < -0.39 is 0 Å². The van der Waals surface area contributed by atoms with Crippen molar-refractivity contribution >= 4 is 39.7 Å².